The van der Waals surface area contributed by atoms with Crippen molar-refractivity contribution in [1.82, 2.24) is 0 Å². The second-order valence-electron chi connectivity index (χ2n) is 11.9. The van der Waals surface area contributed by atoms with Gasteiger partial charge >= 0.3 is 11.9 Å². The highest BCUT2D eigenvalue weighted by molar-refractivity contribution is 6.03. The quantitative estimate of drug-likeness (QED) is 0.473. The van der Waals surface area contributed by atoms with Crippen LogP contribution in [-0.2, 0) is 33.3 Å². The lowest BCUT2D eigenvalue weighted by molar-refractivity contribution is -0.212. The normalized spacial score (nSPS) is 49.2. The van der Waals surface area contributed by atoms with E-state index in [1.807, 2.05) is 27.7 Å². The zero-order chi connectivity index (χ0) is 24.8. The molecule has 7 rings (SSSR count). The number of cyclic esters (lactones) is 2. The average Bonchev–Trinajstić information content (AvgIpc) is 3.26. The maximum Gasteiger partial charge on any atom is 0.339 e. The van der Waals surface area contributed by atoms with Gasteiger partial charge in [-0.15, -0.1) is 0 Å². The third kappa shape index (κ3) is 2.07. The van der Waals surface area contributed by atoms with Crippen molar-refractivity contribution in [2.24, 2.45) is 22.2 Å². The number of rotatable bonds is 1. The largest absolute Gasteiger partial charge is 0.504 e. The fourth-order valence-corrected chi connectivity index (χ4v) is 8.96. The monoisotopic (exact) mass is 484 g/mol. The summed E-state index contributed by atoms with van der Waals surface area (Å²) < 4.78 is 29.4. The van der Waals surface area contributed by atoms with Crippen molar-refractivity contribution < 1.29 is 42.9 Å². The SMILES string of the molecule is CC1(C)O[C@@H]2CC(=O)OC[C@@]23C1=C(O)C(=O)[C@]1(C)[C@H]3CC[C@@]2(C)[C@H](c3ccoc3)OC(=O)[C@@H]3O[C@]321. The molecule has 1 N–H and O–H groups in total. The van der Waals surface area contributed by atoms with E-state index in [-0.39, 0.29) is 30.7 Å². The van der Waals surface area contributed by atoms with E-state index in [1.54, 1.807) is 12.3 Å². The van der Waals surface area contributed by atoms with Crippen molar-refractivity contribution in [2.45, 2.75) is 76.5 Å². The van der Waals surface area contributed by atoms with Gasteiger partial charge in [-0.05, 0) is 45.6 Å². The van der Waals surface area contributed by atoms with Gasteiger partial charge in [-0.25, -0.2) is 4.79 Å². The van der Waals surface area contributed by atoms with E-state index in [4.69, 9.17) is 23.4 Å². The predicted octanol–water partition coefficient (Wildman–Crippen LogP) is 2.94. The molecule has 2 aliphatic carbocycles. The lowest BCUT2D eigenvalue weighted by Crippen LogP contribution is -2.71. The number of aliphatic hydroxyl groups excluding tert-OH is 1. The highest BCUT2D eigenvalue weighted by Crippen LogP contribution is 2.79. The molecule has 1 saturated carbocycles. The van der Waals surface area contributed by atoms with E-state index in [9.17, 15) is 19.5 Å². The van der Waals surface area contributed by atoms with E-state index in [2.05, 4.69) is 0 Å². The Balaban J connectivity index is 1.47. The smallest absolute Gasteiger partial charge is 0.339 e. The van der Waals surface area contributed by atoms with Crippen LogP contribution >= 0.6 is 0 Å². The van der Waals surface area contributed by atoms with Gasteiger partial charge in [0.05, 0.1) is 41.5 Å². The number of furan rings is 1. The lowest BCUT2D eigenvalue weighted by atomic mass is 9.39. The summed E-state index contributed by atoms with van der Waals surface area (Å²) in [6.07, 6.45) is 2.15. The van der Waals surface area contributed by atoms with Crippen molar-refractivity contribution in [1.29, 1.82) is 0 Å². The number of carbonyl (C=O) groups excluding carboxylic acids is 3. The molecule has 1 aromatic rings. The third-order valence-electron chi connectivity index (χ3n) is 10.2. The minimum Gasteiger partial charge on any atom is -0.504 e. The van der Waals surface area contributed by atoms with E-state index >= 15 is 0 Å². The number of Topliss-reactive ketones (excluding diaryl/α,β-unsaturated/α-hetero) is 1. The number of esters is 2. The summed E-state index contributed by atoms with van der Waals surface area (Å²) in [6, 6.07) is 1.76. The topological polar surface area (TPSA) is 125 Å². The Bertz CT molecular complexity index is 1230. The van der Waals surface area contributed by atoms with E-state index in [0.29, 0.717) is 24.0 Å². The molecule has 8 atom stereocenters. The third-order valence-corrected chi connectivity index (χ3v) is 10.2. The van der Waals surface area contributed by atoms with Gasteiger partial charge in [0.25, 0.3) is 0 Å². The number of hydrogen-bond donors (Lipinski definition) is 1. The molecule has 0 bridgehead atoms. The molecule has 2 spiro atoms. The van der Waals surface area contributed by atoms with Gasteiger partial charge in [-0.3, -0.25) is 9.59 Å². The van der Waals surface area contributed by atoms with Crippen molar-refractivity contribution in [3.8, 4) is 0 Å². The van der Waals surface area contributed by atoms with E-state index < -0.39 is 57.5 Å². The first-order chi connectivity index (χ1) is 16.4. The van der Waals surface area contributed by atoms with Gasteiger partial charge in [-0.2, -0.15) is 0 Å². The Morgan fingerprint density at radius 2 is 1.83 bits per heavy atom. The van der Waals surface area contributed by atoms with E-state index in [0.717, 1.165) is 0 Å². The van der Waals surface area contributed by atoms with Crippen LogP contribution in [0.25, 0.3) is 0 Å². The van der Waals surface area contributed by atoms with Crippen LogP contribution < -0.4 is 0 Å². The minimum absolute atomic E-state index is 0.0138. The van der Waals surface area contributed by atoms with Crippen molar-refractivity contribution in [3.05, 3.63) is 35.5 Å². The molecule has 0 amide bonds. The number of fused-ring (bicyclic) bond motifs is 1. The number of epoxide rings is 1. The minimum atomic E-state index is -1.27. The molecule has 9 nitrogen and oxygen atoms in total. The fraction of sp³-hybridized carbons (Fsp3) is 0.654. The zero-order valence-electron chi connectivity index (χ0n) is 20.1. The Morgan fingerprint density at radius 1 is 1.06 bits per heavy atom. The second kappa shape index (κ2) is 6.00. The molecular formula is C26H28O9. The first kappa shape index (κ1) is 21.6. The molecule has 5 heterocycles. The van der Waals surface area contributed by atoms with Crippen LogP contribution in [0, 0.1) is 22.2 Å². The van der Waals surface area contributed by atoms with Gasteiger partial charge in [0.1, 0.15) is 18.3 Å². The van der Waals surface area contributed by atoms with Gasteiger partial charge in [0.2, 0.25) is 5.78 Å². The fourth-order valence-electron chi connectivity index (χ4n) is 8.96. The zero-order valence-corrected chi connectivity index (χ0v) is 20.1. The average molecular weight is 485 g/mol. The lowest BCUT2D eigenvalue weighted by Gasteiger charge is -2.63. The molecule has 0 radical (unpaired) electrons. The number of hydrogen-bond acceptors (Lipinski definition) is 9. The molecule has 0 aromatic carbocycles. The molecular weight excluding hydrogens is 456 g/mol. The summed E-state index contributed by atoms with van der Waals surface area (Å²) in [7, 11) is 0. The highest BCUT2D eigenvalue weighted by Gasteiger charge is 2.90. The second-order valence-corrected chi connectivity index (χ2v) is 11.9. The summed E-state index contributed by atoms with van der Waals surface area (Å²) in [5.74, 6) is -2.07. The first-order valence-electron chi connectivity index (χ1n) is 12.2. The summed E-state index contributed by atoms with van der Waals surface area (Å²) in [4.78, 5) is 39.7. The Kier molecular flexibility index (Phi) is 3.71. The summed E-state index contributed by atoms with van der Waals surface area (Å²) in [6.45, 7) is 7.44. The molecule has 6 aliphatic rings. The number of carbonyl (C=O) groups is 3. The molecule has 0 unspecified atom stereocenters. The van der Waals surface area contributed by atoms with Crippen LogP contribution in [0.5, 0.6) is 0 Å². The van der Waals surface area contributed by atoms with Gasteiger partial charge in [-0.1, -0.05) is 6.92 Å². The van der Waals surface area contributed by atoms with Crippen LogP contribution in [0.15, 0.2) is 34.3 Å². The first-order valence-corrected chi connectivity index (χ1v) is 12.2. The molecule has 9 heteroatoms. The Hall–Kier alpha value is -2.65. The van der Waals surface area contributed by atoms with Crippen molar-refractivity contribution in [3.63, 3.8) is 0 Å². The van der Waals surface area contributed by atoms with Crippen LogP contribution in [-0.4, -0.2) is 52.8 Å². The number of aliphatic hydroxyl groups is 1. The number of allylic oxidation sites excluding steroid dienone is 1. The molecule has 4 saturated heterocycles. The van der Waals surface area contributed by atoms with Crippen LogP contribution in [0.2, 0.25) is 0 Å². The highest BCUT2D eigenvalue weighted by atomic mass is 16.7. The Labute approximate surface area is 201 Å². The van der Waals surface area contributed by atoms with Crippen molar-refractivity contribution in [2.75, 3.05) is 6.61 Å². The van der Waals surface area contributed by atoms with Crippen LogP contribution in [0.1, 0.15) is 58.6 Å². The molecule has 4 aliphatic heterocycles. The number of ether oxygens (including phenoxy) is 4. The summed E-state index contributed by atoms with van der Waals surface area (Å²) >= 11 is 0. The maximum absolute atomic E-state index is 14.3. The Morgan fingerprint density at radius 3 is 2.54 bits per heavy atom. The van der Waals surface area contributed by atoms with Crippen molar-refractivity contribution >= 4 is 17.7 Å². The summed E-state index contributed by atoms with van der Waals surface area (Å²) in [5, 5.41) is 11.5. The molecule has 5 fully saturated rings. The molecule has 1 aromatic heterocycles. The molecule has 35 heavy (non-hydrogen) atoms. The van der Waals surface area contributed by atoms with Gasteiger partial charge < -0.3 is 28.5 Å². The maximum atomic E-state index is 14.3. The van der Waals surface area contributed by atoms with E-state index in [1.165, 1.54) is 6.26 Å². The van der Waals surface area contributed by atoms with Gasteiger partial charge in [0.15, 0.2) is 11.9 Å². The van der Waals surface area contributed by atoms with Crippen LogP contribution in [0.4, 0.5) is 0 Å². The molecule has 186 valence electrons. The standard InChI is InChI=1S/C26H28O9/c1-22(2)17-16(28)18(29)24(4)13(25(17)11-32-15(27)9-14(25)34-22)5-7-23(3)19(12-6-8-31-10-12)33-21(30)20-26(23,24)35-20/h6,8,10,13-14,19-20,28H,5,7,9,11H2,1-4H3/t13-,14-,19+,20+,23+,24+,25+,26-/m1/s1. The number of ketones is 1. The van der Waals surface area contributed by atoms with Gasteiger partial charge in [0, 0.05) is 16.6 Å². The summed E-state index contributed by atoms with van der Waals surface area (Å²) in [5.41, 5.74) is -3.85. The van der Waals surface area contributed by atoms with Crippen LogP contribution in [0.3, 0.4) is 0 Å². The predicted molar refractivity (Wildman–Crippen MR) is 116 cm³/mol.